The lowest BCUT2D eigenvalue weighted by atomic mass is 9.78. The molecule has 2 aromatic rings. The van der Waals surface area contributed by atoms with Crippen molar-refractivity contribution in [3.05, 3.63) is 36.0 Å². The summed E-state index contributed by atoms with van der Waals surface area (Å²) in [5, 5.41) is 14.4. The van der Waals surface area contributed by atoms with Crippen molar-refractivity contribution in [1.82, 2.24) is 20.4 Å². The minimum atomic E-state index is -0.0849. The number of piperidine rings is 1. The molecular weight excluding hydrogens is 452 g/mol. The van der Waals surface area contributed by atoms with Crippen LogP contribution in [0.5, 0.6) is 0 Å². The summed E-state index contributed by atoms with van der Waals surface area (Å²) in [6.07, 6.45) is 7.65. The summed E-state index contributed by atoms with van der Waals surface area (Å²) in [5.74, 6) is 1.41. The Bertz CT molecular complexity index is 1020. The van der Waals surface area contributed by atoms with Gasteiger partial charge < -0.3 is 20.9 Å². The van der Waals surface area contributed by atoms with Gasteiger partial charge in [-0.15, -0.1) is 12.4 Å². The molecule has 2 aliphatic heterocycles. The normalized spacial score (nSPS) is 22.4. The van der Waals surface area contributed by atoms with E-state index in [-0.39, 0.29) is 42.0 Å². The molecule has 1 aromatic heterocycles. The molecule has 8 nitrogen and oxygen atoms in total. The van der Waals surface area contributed by atoms with Crippen molar-refractivity contribution in [1.29, 1.82) is 0 Å². The van der Waals surface area contributed by atoms with Crippen molar-refractivity contribution in [2.45, 2.75) is 45.1 Å². The van der Waals surface area contributed by atoms with Gasteiger partial charge in [0.1, 0.15) is 5.82 Å². The smallest absolute Gasteiger partial charge is 0.230 e. The summed E-state index contributed by atoms with van der Waals surface area (Å²) in [5.41, 5.74) is 2.83. The number of nitrogens with zero attached hydrogens (tertiary/aromatic N) is 3. The molecule has 1 saturated carbocycles. The van der Waals surface area contributed by atoms with Gasteiger partial charge in [-0.2, -0.15) is 5.10 Å². The topological polar surface area (TPSA) is 91.3 Å². The Morgan fingerprint density at radius 1 is 1.12 bits per heavy atom. The third kappa shape index (κ3) is 4.93. The molecule has 3 heterocycles. The van der Waals surface area contributed by atoms with Crippen molar-refractivity contribution in [2.75, 3.05) is 29.9 Å². The number of rotatable bonds is 4. The van der Waals surface area contributed by atoms with Crippen LogP contribution in [0.2, 0.25) is 0 Å². The molecule has 0 bridgehead atoms. The van der Waals surface area contributed by atoms with Crippen LogP contribution in [0, 0.1) is 17.8 Å². The number of hydrogen-bond acceptors (Lipinski definition) is 5. The molecule has 2 atom stereocenters. The van der Waals surface area contributed by atoms with E-state index in [0.29, 0.717) is 13.1 Å². The Morgan fingerprint density at radius 3 is 2.71 bits per heavy atom. The van der Waals surface area contributed by atoms with Crippen LogP contribution >= 0.6 is 12.4 Å². The zero-order chi connectivity index (χ0) is 22.8. The first-order valence-electron chi connectivity index (χ1n) is 12.3. The number of amides is 2. The van der Waals surface area contributed by atoms with E-state index in [9.17, 15) is 9.59 Å². The van der Waals surface area contributed by atoms with E-state index in [0.717, 1.165) is 74.4 Å². The van der Waals surface area contributed by atoms with E-state index >= 15 is 0 Å². The van der Waals surface area contributed by atoms with Gasteiger partial charge in [-0.25, -0.2) is 0 Å². The maximum Gasteiger partial charge on any atom is 0.230 e. The first kappa shape index (κ1) is 24.5. The highest BCUT2D eigenvalue weighted by Gasteiger charge is 2.36. The zero-order valence-electron chi connectivity index (χ0n) is 19.8. The fraction of sp³-hybridized carbons (Fsp3) is 0.560. The molecule has 1 aliphatic carbocycles. The highest BCUT2D eigenvalue weighted by Crippen LogP contribution is 2.39. The fourth-order valence-corrected chi connectivity index (χ4v) is 5.59. The van der Waals surface area contributed by atoms with Crippen molar-refractivity contribution in [3.63, 3.8) is 0 Å². The third-order valence-corrected chi connectivity index (χ3v) is 7.53. The second-order valence-electron chi connectivity index (χ2n) is 9.63. The molecule has 0 radical (unpaired) electrons. The molecule has 184 valence electrons. The van der Waals surface area contributed by atoms with Gasteiger partial charge in [-0.1, -0.05) is 25.0 Å². The second kappa shape index (κ2) is 10.8. The Balaban J connectivity index is 0.00000274. The van der Waals surface area contributed by atoms with E-state index in [2.05, 4.69) is 21.0 Å². The van der Waals surface area contributed by atoms with Gasteiger partial charge in [0.25, 0.3) is 0 Å². The standard InChI is InChI=1S/C25H34N6O2.ClH/c1-30-23-19(15-28-30)16-31(22-9-5-4-8-21(22)29-23)25(33)20-7-3-2-6-18(20)14-27-24(32)17-10-12-26-13-11-17;/h4-5,8-9,15,17-18,20,26,29H,2-3,6-7,10-14,16H2,1H3,(H,27,32);1H. The maximum absolute atomic E-state index is 14.0. The Hall–Kier alpha value is -2.58. The van der Waals surface area contributed by atoms with Crippen molar-refractivity contribution >= 4 is 41.4 Å². The number of fused-ring (bicyclic) bond motifs is 2. The lowest BCUT2D eigenvalue weighted by molar-refractivity contribution is -0.128. The van der Waals surface area contributed by atoms with Crippen molar-refractivity contribution in [3.8, 4) is 0 Å². The molecule has 2 amide bonds. The van der Waals surface area contributed by atoms with Crippen LogP contribution in [0.1, 0.15) is 44.1 Å². The molecule has 5 rings (SSSR count). The highest BCUT2D eigenvalue weighted by atomic mass is 35.5. The average molecular weight is 487 g/mol. The van der Waals surface area contributed by atoms with Gasteiger partial charge >= 0.3 is 0 Å². The maximum atomic E-state index is 14.0. The average Bonchev–Trinajstić information content (AvgIpc) is 3.10. The molecule has 2 unspecified atom stereocenters. The lowest BCUT2D eigenvalue weighted by Crippen LogP contribution is -2.45. The Morgan fingerprint density at radius 2 is 1.88 bits per heavy atom. The Labute approximate surface area is 207 Å². The summed E-state index contributed by atoms with van der Waals surface area (Å²) in [4.78, 5) is 28.6. The third-order valence-electron chi connectivity index (χ3n) is 7.53. The molecule has 3 N–H and O–H groups in total. The summed E-state index contributed by atoms with van der Waals surface area (Å²) in [7, 11) is 1.91. The van der Waals surface area contributed by atoms with Crippen LogP contribution in [-0.4, -0.2) is 41.2 Å². The number of para-hydroxylation sites is 2. The molecule has 1 aromatic carbocycles. The van der Waals surface area contributed by atoms with Gasteiger partial charge in [0, 0.05) is 31.0 Å². The number of benzene rings is 1. The molecule has 2 fully saturated rings. The molecule has 34 heavy (non-hydrogen) atoms. The molecule has 0 spiro atoms. The van der Waals surface area contributed by atoms with Gasteiger partial charge in [-0.05, 0) is 56.8 Å². The number of aromatic nitrogens is 2. The predicted molar refractivity (Wildman–Crippen MR) is 135 cm³/mol. The molecular formula is C25H35ClN6O2. The van der Waals surface area contributed by atoms with E-state index < -0.39 is 0 Å². The monoisotopic (exact) mass is 486 g/mol. The van der Waals surface area contributed by atoms with Crippen LogP contribution in [0.3, 0.4) is 0 Å². The van der Waals surface area contributed by atoms with Gasteiger partial charge in [0.2, 0.25) is 11.8 Å². The van der Waals surface area contributed by atoms with Gasteiger partial charge in [0.05, 0.1) is 24.1 Å². The van der Waals surface area contributed by atoms with Gasteiger partial charge in [-0.3, -0.25) is 14.3 Å². The number of hydrogen-bond donors (Lipinski definition) is 3. The number of carbonyl (C=O) groups excluding carboxylic acids is 2. The Kier molecular flexibility index (Phi) is 7.78. The van der Waals surface area contributed by atoms with Crippen LogP contribution in [-0.2, 0) is 23.2 Å². The summed E-state index contributed by atoms with van der Waals surface area (Å²) >= 11 is 0. The summed E-state index contributed by atoms with van der Waals surface area (Å²) < 4.78 is 1.82. The zero-order valence-corrected chi connectivity index (χ0v) is 20.6. The SMILES string of the molecule is Cl.Cn1ncc2c1Nc1ccccc1N(C(=O)C1CCCCC1CNC(=O)C1CCNCC1)C2. The highest BCUT2D eigenvalue weighted by molar-refractivity contribution is 5.99. The number of carbonyl (C=O) groups is 2. The minimum Gasteiger partial charge on any atom is -0.356 e. The number of aryl methyl sites for hydroxylation is 1. The quantitative estimate of drug-likeness (QED) is 0.616. The van der Waals surface area contributed by atoms with Crippen LogP contribution < -0.4 is 20.9 Å². The predicted octanol–water partition coefficient (Wildman–Crippen LogP) is 3.35. The molecule has 3 aliphatic rings. The molecule has 9 heteroatoms. The van der Waals surface area contributed by atoms with E-state index in [1.54, 1.807) is 0 Å². The van der Waals surface area contributed by atoms with Crippen molar-refractivity contribution in [2.24, 2.45) is 24.8 Å². The van der Waals surface area contributed by atoms with E-state index in [1.807, 2.05) is 47.1 Å². The van der Waals surface area contributed by atoms with E-state index in [4.69, 9.17) is 0 Å². The minimum absolute atomic E-state index is 0. The molecule has 1 saturated heterocycles. The number of halogens is 1. The van der Waals surface area contributed by atoms with Crippen LogP contribution in [0.25, 0.3) is 0 Å². The van der Waals surface area contributed by atoms with Crippen LogP contribution in [0.4, 0.5) is 17.2 Å². The van der Waals surface area contributed by atoms with E-state index in [1.165, 1.54) is 0 Å². The lowest BCUT2D eigenvalue weighted by Gasteiger charge is -2.35. The summed E-state index contributed by atoms with van der Waals surface area (Å²) in [6, 6.07) is 7.98. The number of anilines is 3. The summed E-state index contributed by atoms with van der Waals surface area (Å²) in [6.45, 7) is 2.89. The first-order chi connectivity index (χ1) is 16.1. The van der Waals surface area contributed by atoms with Crippen molar-refractivity contribution < 1.29 is 9.59 Å². The fourth-order valence-electron chi connectivity index (χ4n) is 5.59. The first-order valence-corrected chi connectivity index (χ1v) is 12.3. The van der Waals surface area contributed by atoms with Crippen LogP contribution in [0.15, 0.2) is 30.5 Å². The number of nitrogens with one attached hydrogen (secondary N) is 3. The second-order valence-corrected chi connectivity index (χ2v) is 9.63. The van der Waals surface area contributed by atoms with Gasteiger partial charge in [0.15, 0.2) is 0 Å². The largest absolute Gasteiger partial charge is 0.356 e.